The summed E-state index contributed by atoms with van der Waals surface area (Å²) in [5.41, 5.74) is 13.0. The van der Waals surface area contributed by atoms with Crippen LogP contribution in [0.2, 0.25) is 0 Å². The Labute approximate surface area is 368 Å². The van der Waals surface area contributed by atoms with Crippen molar-refractivity contribution in [1.82, 2.24) is 30.3 Å². The minimum Gasteiger partial charge on any atom is -0.507 e. The van der Waals surface area contributed by atoms with Gasteiger partial charge in [-0.25, -0.2) is 4.98 Å². The van der Waals surface area contributed by atoms with Crippen LogP contribution < -0.4 is 16.0 Å². The average molecular weight is 875 g/mol. The summed E-state index contributed by atoms with van der Waals surface area (Å²) in [5, 5.41) is 43.2. The number of aromatic hydroxyl groups is 1. The molecular formula is C45H62N8O8S. The molecule has 16 nitrogen and oxygen atoms in total. The molecule has 3 saturated heterocycles. The first-order valence-electron chi connectivity index (χ1n) is 21.8. The van der Waals surface area contributed by atoms with E-state index in [1.807, 2.05) is 54.9 Å². The lowest BCUT2D eigenvalue weighted by molar-refractivity contribution is -0.140. The predicted molar refractivity (Wildman–Crippen MR) is 238 cm³/mol. The van der Waals surface area contributed by atoms with Gasteiger partial charge in [0.15, 0.2) is 5.82 Å². The molecule has 3 aliphatic heterocycles. The molecular weight excluding hydrogens is 813 g/mol. The Morgan fingerprint density at radius 1 is 1.03 bits per heavy atom. The number of ether oxygens (including phenoxy) is 4. The van der Waals surface area contributed by atoms with E-state index in [0.29, 0.717) is 50.0 Å². The Hall–Kier alpha value is -4.30. The zero-order valence-electron chi connectivity index (χ0n) is 35.9. The molecule has 2 aromatic carbocycles. The lowest BCUT2D eigenvalue weighted by Gasteiger charge is -2.48. The zero-order valence-corrected chi connectivity index (χ0v) is 36.7. The van der Waals surface area contributed by atoms with Crippen LogP contribution in [0.1, 0.15) is 50.3 Å². The number of benzene rings is 2. The largest absolute Gasteiger partial charge is 0.507 e. The number of aryl methyl sites for hydroxylation is 1. The number of nitrogens with one attached hydrogen (secondary N) is 1. The van der Waals surface area contributed by atoms with E-state index >= 15 is 0 Å². The molecule has 17 heteroatoms. The second kappa shape index (κ2) is 21.9. The molecule has 2 aromatic heterocycles. The van der Waals surface area contributed by atoms with Crippen molar-refractivity contribution in [1.29, 1.82) is 0 Å². The summed E-state index contributed by atoms with van der Waals surface area (Å²) in [6.07, 6.45) is 1.62. The lowest BCUT2D eigenvalue weighted by atomic mass is 9.89. The molecule has 0 aliphatic carbocycles. The van der Waals surface area contributed by atoms with E-state index in [4.69, 9.17) is 24.7 Å². The number of nitrogen functional groups attached to an aromatic ring is 1. The van der Waals surface area contributed by atoms with Crippen LogP contribution in [0.4, 0.5) is 11.5 Å². The number of phenols is 1. The molecule has 0 radical (unpaired) electrons. The molecule has 336 valence electrons. The van der Waals surface area contributed by atoms with Crippen LogP contribution in [0, 0.1) is 6.92 Å². The topological polar surface area (TPSA) is 201 Å². The van der Waals surface area contributed by atoms with Crippen LogP contribution in [-0.2, 0) is 30.3 Å². The summed E-state index contributed by atoms with van der Waals surface area (Å²) >= 11 is 1.60. The van der Waals surface area contributed by atoms with Gasteiger partial charge < -0.3 is 50.2 Å². The van der Waals surface area contributed by atoms with Crippen molar-refractivity contribution in [2.75, 3.05) is 89.5 Å². The summed E-state index contributed by atoms with van der Waals surface area (Å²) in [4.78, 5) is 25.0. The number of carbonyl (C=O) groups is 1. The number of piperidine rings is 1. The van der Waals surface area contributed by atoms with Gasteiger partial charge in [0.2, 0.25) is 5.91 Å². The number of aliphatic hydroxyl groups excluding tert-OH is 2. The minimum absolute atomic E-state index is 0.159. The summed E-state index contributed by atoms with van der Waals surface area (Å²) < 4.78 is 23.8. The first-order chi connectivity index (χ1) is 30.1. The number of thiazole rings is 1. The van der Waals surface area contributed by atoms with Crippen LogP contribution in [-0.4, -0.2) is 155 Å². The molecule has 1 spiro atoms. The van der Waals surface area contributed by atoms with E-state index in [1.54, 1.807) is 35.3 Å². The number of aliphatic hydroxyl groups is 2. The van der Waals surface area contributed by atoms with E-state index in [2.05, 4.69) is 30.3 Å². The Kier molecular flexibility index (Phi) is 16.1. The van der Waals surface area contributed by atoms with E-state index in [-0.39, 0.29) is 36.8 Å². The Balaban J connectivity index is 0.726. The van der Waals surface area contributed by atoms with Gasteiger partial charge in [-0.05, 0) is 81.8 Å². The zero-order chi connectivity index (χ0) is 43.5. The lowest BCUT2D eigenvalue weighted by Crippen LogP contribution is -2.57. The second-order valence-electron chi connectivity index (χ2n) is 16.5. The van der Waals surface area contributed by atoms with Crippen LogP contribution >= 0.6 is 11.3 Å². The van der Waals surface area contributed by atoms with Crippen molar-refractivity contribution in [3.05, 3.63) is 71.4 Å². The highest BCUT2D eigenvalue weighted by Crippen LogP contribution is 2.36. The van der Waals surface area contributed by atoms with Gasteiger partial charge in [0.1, 0.15) is 12.0 Å². The fourth-order valence-electron chi connectivity index (χ4n) is 8.60. The van der Waals surface area contributed by atoms with Gasteiger partial charge in [0.25, 0.3) is 0 Å². The van der Waals surface area contributed by atoms with E-state index in [1.165, 1.54) is 0 Å². The van der Waals surface area contributed by atoms with Gasteiger partial charge in [-0.3, -0.25) is 14.6 Å². The number of nitrogens with two attached hydrogens (primary N) is 1. The van der Waals surface area contributed by atoms with E-state index in [9.17, 15) is 20.1 Å². The van der Waals surface area contributed by atoms with Crippen molar-refractivity contribution in [3.63, 3.8) is 0 Å². The molecule has 6 N–H and O–H groups in total. The molecule has 1 amide bonds. The number of rotatable bonds is 20. The third-order valence-corrected chi connectivity index (χ3v) is 13.1. The molecule has 4 aromatic rings. The van der Waals surface area contributed by atoms with Crippen LogP contribution in [0.5, 0.6) is 5.75 Å². The average Bonchev–Trinajstić information content (AvgIpc) is 3.90. The highest BCUT2D eigenvalue weighted by Gasteiger charge is 2.42. The molecule has 7 rings (SSSR count). The monoisotopic (exact) mass is 874 g/mol. The summed E-state index contributed by atoms with van der Waals surface area (Å²) in [6, 6.07) is 16.4. The number of para-hydroxylation sites is 1. The van der Waals surface area contributed by atoms with Gasteiger partial charge >= 0.3 is 0 Å². The standard InChI is InChI=1S/C45H62N8O8S/c1-31-41(62-30-48-31)34-11-9-33(10-12-34)27-47-43(56)39-25-35(54)28-53(39)44(57)32(2)60-24-23-59-22-21-58-19-6-5-15-51-18-20-61-45(29-51)13-16-52(17-14-45)38-26-37(49-50-42(38)46)36-7-3-4-8-40(36)55/h3-4,7-12,26,30,32,35,39,44,54-55,57H,5-6,13-25,27-29H2,1-2H3,(H2,46,50)(H,47,56)/t32?,35-,39+,44?/m1/s1. The van der Waals surface area contributed by atoms with Crippen molar-refractivity contribution < 1.29 is 39.1 Å². The number of phenolic OH excluding ortho intramolecular Hbond substituents is 1. The van der Waals surface area contributed by atoms with E-state index < -0.39 is 24.5 Å². The molecule has 3 fully saturated rings. The Morgan fingerprint density at radius 2 is 1.79 bits per heavy atom. The number of morpholine rings is 1. The third kappa shape index (κ3) is 11.8. The van der Waals surface area contributed by atoms with Gasteiger partial charge in [-0.15, -0.1) is 21.5 Å². The summed E-state index contributed by atoms with van der Waals surface area (Å²) in [6.45, 7) is 11.6. The highest BCUT2D eigenvalue weighted by atomic mass is 32.1. The fourth-order valence-corrected chi connectivity index (χ4v) is 9.41. The molecule has 62 heavy (non-hydrogen) atoms. The van der Waals surface area contributed by atoms with Gasteiger partial charge in [-0.2, -0.15) is 0 Å². The molecule has 0 saturated carbocycles. The Bertz CT molecular complexity index is 2030. The number of anilines is 2. The summed E-state index contributed by atoms with van der Waals surface area (Å²) in [7, 11) is 0. The molecule has 5 heterocycles. The van der Waals surface area contributed by atoms with Crippen molar-refractivity contribution in [3.8, 4) is 27.4 Å². The number of amides is 1. The maximum absolute atomic E-state index is 13.2. The quantitative estimate of drug-likeness (QED) is 0.0803. The molecule has 0 bridgehead atoms. The van der Waals surface area contributed by atoms with Crippen LogP contribution in [0.25, 0.3) is 21.7 Å². The van der Waals surface area contributed by atoms with Gasteiger partial charge in [-0.1, -0.05) is 36.4 Å². The first-order valence-corrected chi connectivity index (χ1v) is 22.7. The molecule has 3 aliphatic rings. The fraction of sp³-hybridized carbons (Fsp3) is 0.556. The number of hydrogen-bond donors (Lipinski definition) is 5. The normalized spacial score (nSPS) is 20.4. The van der Waals surface area contributed by atoms with Crippen LogP contribution in [0.3, 0.4) is 0 Å². The third-order valence-electron chi connectivity index (χ3n) is 12.1. The minimum atomic E-state index is -1.06. The predicted octanol–water partition coefficient (Wildman–Crippen LogP) is 3.82. The number of nitrogens with zero attached hydrogens (tertiary/aromatic N) is 6. The number of hydrogen-bond acceptors (Lipinski definition) is 16. The molecule has 4 atom stereocenters. The maximum Gasteiger partial charge on any atom is 0.237 e. The van der Waals surface area contributed by atoms with Crippen molar-refractivity contribution >= 4 is 28.7 Å². The highest BCUT2D eigenvalue weighted by molar-refractivity contribution is 7.13. The summed E-state index contributed by atoms with van der Waals surface area (Å²) in [5.74, 6) is 0.299. The molecule has 2 unspecified atom stereocenters. The number of β-amino-alcohol motifs (C(OH)–C–C–N with tert-alkyl or cyclic N) is 1. The number of aromatic nitrogens is 3. The SMILES string of the molecule is Cc1ncsc1-c1ccc(CNC(=O)[C@@H]2C[C@@H](O)CN2C(O)C(C)OCCOCCOCCCCN2CCOC3(CCN(c4cc(-c5ccccc5O)nnc4N)CC3)C2)cc1. The van der Waals surface area contributed by atoms with Crippen molar-refractivity contribution in [2.45, 2.75) is 82.6 Å². The van der Waals surface area contributed by atoms with Gasteiger partial charge in [0, 0.05) is 51.4 Å². The number of carbonyl (C=O) groups excluding carboxylic acids is 1. The smallest absolute Gasteiger partial charge is 0.237 e. The maximum atomic E-state index is 13.2. The second-order valence-corrected chi connectivity index (χ2v) is 17.4. The Morgan fingerprint density at radius 3 is 2.55 bits per heavy atom. The van der Waals surface area contributed by atoms with Gasteiger partial charge in [0.05, 0.1) is 84.3 Å². The van der Waals surface area contributed by atoms with Crippen molar-refractivity contribution in [2.24, 2.45) is 0 Å². The first kappa shape index (κ1) is 45.7. The number of likely N-dealkylation sites (tertiary alicyclic amines) is 1. The number of unbranched alkanes of at least 4 members (excludes halogenated alkanes) is 1. The van der Waals surface area contributed by atoms with Crippen LogP contribution in [0.15, 0.2) is 60.1 Å². The van der Waals surface area contributed by atoms with E-state index in [0.717, 1.165) is 92.4 Å².